The van der Waals surface area contributed by atoms with Crippen LogP contribution >= 0.6 is 11.6 Å². The highest BCUT2D eigenvalue weighted by Crippen LogP contribution is 2.23. The standard InChI is InChI=1S/C13H14ClNO/c1-8(2)13(16)12-7-9-6-10(14)4-5-11(9)15(12)3/h4-8H,1-3H3. The average Bonchev–Trinajstić information content (AvgIpc) is 2.54. The third kappa shape index (κ3) is 1.74. The highest BCUT2D eigenvalue weighted by Gasteiger charge is 2.16. The van der Waals surface area contributed by atoms with Crippen molar-refractivity contribution in [3.8, 4) is 0 Å². The monoisotopic (exact) mass is 235 g/mol. The van der Waals surface area contributed by atoms with Crippen LogP contribution in [0.1, 0.15) is 24.3 Å². The molecule has 2 rings (SSSR count). The molecule has 0 spiro atoms. The van der Waals surface area contributed by atoms with E-state index in [0.717, 1.165) is 16.6 Å². The number of hydrogen-bond acceptors (Lipinski definition) is 1. The van der Waals surface area contributed by atoms with Crippen LogP contribution in [0.25, 0.3) is 10.9 Å². The Kier molecular flexibility index (Phi) is 2.76. The molecule has 0 unspecified atom stereocenters. The van der Waals surface area contributed by atoms with Crippen molar-refractivity contribution in [3.05, 3.63) is 35.0 Å². The molecule has 0 amide bonds. The molecule has 0 N–H and O–H groups in total. The highest BCUT2D eigenvalue weighted by atomic mass is 35.5. The van der Waals surface area contributed by atoms with Crippen LogP contribution in [-0.4, -0.2) is 10.4 Å². The van der Waals surface area contributed by atoms with Crippen LogP contribution in [0.4, 0.5) is 0 Å². The van der Waals surface area contributed by atoms with Gasteiger partial charge in [-0.25, -0.2) is 0 Å². The number of fused-ring (bicyclic) bond motifs is 1. The molecule has 2 nitrogen and oxygen atoms in total. The summed E-state index contributed by atoms with van der Waals surface area (Å²) in [5, 5.41) is 1.71. The zero-order valence-corrected chi connectivity index (χ0v) is 10.4. The fourth-order valence-electron chi connectivity index (χ4n) is 1.85. The number of aryl methyl sites for hydroxylation is 1. The fourth-order valence-corrected chi connectivity index (χ4v) is 2.03. The predicted molar refractivity (Wildman–Crippen MR) is 67.1 cm³/mol. The van der Waals surface area contributed by atoms with E-state index in [1.54, 1.807) is 0 Å². The number of Topliss-reactive ketones (excluding diaryl/α,β-unsaturated/α-hetero) is 1. The summed E-state index contributed by atoms with van der Waals surface area (Å²) in [5.41, 5.74) is 1.78. The number of carbonyl (C=O) groups is 1. The van der Waals surface area contributed by atoms with Crippen molar-refractivity contribution in [2.75, 3.05) is 0 Å². The molecular formula is C13H14ClNO. The van der Waals surface area contributed by atoms with Gasteiger partial charge in [-0.3, -0.25) is 4.79 Å². The number of aromatic nitrogens is 1. The SMILES string of the molecule is CC(C)C(=O)c1cc2cc(Cl)ccc2n1C. The van der Waals surface area contributed by atoms with Gasteiger partial charge in [-0.1, -0.05) is 25.4 Å². The third-order valence-electron chi connectivity index (χ3n) is 2.78. The van der Waals surface area contributed by atoms with Gasteiger partial charge in [-0.15, -0.1) is 0 Å². The van der Waals surface area contributed by atoms with Crippen molar-refractivity contribution in [1.82, 2.24) is 4.57 Å². The molecule has 84 valence electrons. The van der Waals surface area contributed by atoms with E-state index in [4.69, 9.17) is 11.6 Å². The van der Waals surface area contributed by atoms with E-state index in [9.17, 15) is 4.79 Å². The lowest BCUT2D eigenvalue weighted by atomic mass is 10.1. The summed E-state index contributed by atoms with van der Waals surface area (Å²) < 4.78 is 1.92. The molecule has 0 aliphatic rings. The van der Waals surface area contributed by atoms with Crippen molar-refractivity contribution in [1.29, 1.82) is 0 Å². The van der Waals surface area contributed by atoms with E-state index < -0.39 is 0 Å². The molecule has 2 aromatic rings. The van der Waals surface area contributed by atoms with E-state index in [-0.39, 0.29) is 11.7 Å². The predicted octanol–water partition coefficient (Wildman–Crippen LogP) is 3.67. The summed E-state index contributed by atoms with van der Waals surface area (Å²) >= 11 is 5.93. The molecule has 1 heterocycles. The average molecular weight is 236 g/mol. The second-order valence-electron chi connectivity index (χ2n) is 4.31. The molecule has 3 heteroatoms. The van der Waals surface area contributed by atoms with E-state index in [1.165, 1.54) is 0 Å². The molecule has 0 saturated carbocycles. The molecule has 0 saturated heterocycles. The number of halogens is 1. The van der Waals surface area contributed by atoms with Crippen LogP contribution in [0, 0.1) is 5.92 Å². The van der Waals surface area contributed by atoms with Gasteiger partial charge in [0.15, 0.2) is 5.78 Å². The van der Waals surface area contributed by atoms with Gasteiger partial charge >= 0.3 is 0 Å². The minimum absolute atomic E-state index is 0.0125. The van der Waals surface area contributed by atoms with Gasteiger partial charge in [-0.2, -0.15) is 0 Å². The van der Waals surface area contributed by atoms with E-state index in [2.05, 4.69) is 0 Å². The lowest BCUT2D eigenvalue weighted by Crippen LogP contribution is -2.11. The molecule has 0 radical (unpaired) electrons. The molecule has 0 aliphatic heterocycles. The lowest BCUT2D eigenvalue weighted by Gasteiger charge is -2.05. The zero-order chi connectivity index (χ0) is 11.9. The number of hydrogen-bond donors (Lipinski definition) is 0. The fraction of sp³-hybridized carbons (Fsp3) is 0.308. The molecule has 16 heavy (non-hydrogen) atoms. The first kappa shape index (κ1) is 11.2. The first-order valence-electron chi connectivity index (χ1n) is 5.30. The van der Waals surface area contributed by atoms with Gasteiger partial charge in [0.2, 0.25) is 0 Å². The Balaban J connectivity index is 2.64. The summed E-state index contributed by atoms with van der Waals surface area (Å²) in [7, 11) is 1.91. The second kappa shape index (κ2) is 3.95. The van der Waals surface area contributed by atoms with Gasteiger partial charge in [0.1, 0.15) is 0 Å². The van der Waals surface area contributed by atoms with Crippen molar-refractivity contribution < 1.29 is 4.79 Å². The Morgan fingerprint density at radius 1 is 1.31 bits per heavy atom. The number of ketones is 1. The van der Waals surface area contributed by atoms with Gasteiger partial charge in [0.25, 0.3) is 0 Å². The van der Waals surface area contributed by atoms with Crippen LogP contribution in [-0.2, 0) is 7.05 Å². The van der Waals surface area contributed by atoms with Gasteiger partial charge in [0.05, 0.1) is 5.69 Å². The third-order valence-corrected chi connectivity index (χ3v) is 3.02. The van der Waals surface area contributed by atoms with Crippen LogP contribution in [0.2, 0.25) is 5.02 Å². The van der Waals surface area contributed by atoms with Gasteiger partial charge in [-0.05, 0) is 24.3 Å². The molecular weight excluding hydrogens is 222 g/mol. The summed E-state index contributed by atoms with van der Waals surface area (Å²) in [4.78, 5) is 12.0. The second-order valence-corrected chi connectivity index (χ2v) is 4.75. The molecule has 0 fully saturated rings. The number of carbonyl (C=O) groups excluding carboxylic acids is 1. The largest absolute Gasteiger partial charge is 0.341 e. The van der Waals surface area contributed by atoms with E-state index in [1.807, 2.05) is 49.7 Å². The summed E-state index contributed by atoms with van der Waals surface area (Å²) in [6, 6.07) is 7.57. The van der Waals surface area contributed by atoms with Crippen molar-refractivity contribution in [2.45, 2.75) is 13.8 Å². The Hall–Kier alpha value is -1.28. The number of nitrogens with zero attached hydrogens (tertiary/aromatic N) is 1. The molecule has 0 aliphatic carbocycles. The maximum Gasteiger partial charge on any atom is 0.181 e. The summed E-state index contributed by atoms with van der Waals surface area (Å²) in [5.74, 6) is 0.174. The first-order valence-corrected chi connectivity index (χ1v) is 5.67. The first-order chi connectivity index (χ1) is 7.50. The van der Waals surface area contributed by atoms with Crippen LogP contribution in [0.3, 0.4) is 0 Å². The molecule has 0 atom stereocenters. The Labute approximate surface area is 99.8 Å². The molecule has 1 aromatic carbocycles. The van der Waals surface area contributed by atoms with Gasteiger partial charge in [0, 0.05) is 28.9 Å². The highest BCUT2D eigenvalue weighted by molar-refractivity contribution is 6.31. The van der Waals surface area contributed by atoms with Crippen LogP contribution in [0.5, 0.6) is 0 Å². The van der Waals surface area contributed by atoms with E-state index in [0.29, 0.717) is 5.02 Å². The Bertz CT molecular complexity index is 554. The van der Waals surface area contributed by atoms with Crippen LogP contribution < -0.4 is 0 Å². The number of rotatable bonds is 2. The van der Waals surface area contributed by atoms with Crippen LogP contribution in [0.15, 0.2) is 24.3 Å². The van der Waals surface area contributed by atoms with Gasteiger partial charge < -0.3 is 4.57 Å². The summed E-state index contributed by atoms with van der Waals surface area (Å²) in [6.07, 6.45) is 0. The van der Waals surface area contributed by atoms with E-state index >= 15 is 0 Å². The smallest absolute Gasteiger partial charge is 0.181 e. The lowest BCUT2D eigenvalue weighted by molar-refractivity contribution is 0.0931. The summed E-state index contributed by atoms with van der Waals surface area (Å²) in [6.45, 7) is 3.82. The van der Waals surface area contributed by atoms with Crippen molar-refractivity contribution >= 4 is 28.3 Å². The minimum atomic E-state index is 0.0125. The quantitative estimate of drug-likeness (QED) is 0.728. The molecule has 0 bridgehead atoms. The maximum atomic E-state index is 12.0. The minimum Gasteiger partial charge on any atom is -0.341 e. The Morgan fingerprint density at radius 2 is 2.00 bits per heavy atom. The topological polar surface area (TPSA) is 22.0 Å². The van der Waals surface area contributed by atoms with Crippen molar-refractivity contribution in [3.63, 3.8) is 0 Å². The van der Waals surface area contributed by atoms with Crippen molar-refractivity contribution in [2.24, 2.45) is 13.0 Å². The normalized spacial score (nSPS) is 11.3. The molecule has 1 aromatic heterocycles. The maximum absolute atomic E-state index is 12.0. The number of benzene rings is 1. The Morgan fingerprint density at radius 3 is 2.62 bits per heavy atom. The zero-order valence-electron chi connectivity index (χ0n) is 9.62.